The molecule has 1 fully saturated rings. The van der Waals surface area contributed by atoms with Crippen molar-refractivity contribution < 1.29 is 14.3 Å². The van der Waals surface area contributed by atoms with Crippen LogP contribution in [0.3, 0.4) is 0 Å². The van der Waals surface area contributed by atoms with Crippen LogP contribution in [0.5, 0.6) is 0 Å². The number of rotatable bonds is 5. The number of anilines is 1. The minimum Gasteiger partial charge on any atom is -0.465 e. The molecule has 1 aliphatic rings. The van der Waals surface area contributed by atoms with E-state index in [1.165, 1.54) is 7.11 Å². The van der Waals surface area contributed by atoms with E-state index >= 15 is 0 Å². The molecule has 3 N–H and O–H groups in total. The predicted octanol–water partition coefficient (Wildman–Crippen LogP) is 1.06. The van der Waals surface area contributed by atoms with Crippen LogP contribution in [0.2, 0.25) is 0 Å². The second-order valence-corrected chi connectivity index (χ2v) is 6.70. The van der Waals surface area contributed by atoms with Gasteiger partial charge in [-0.3, -0.25) is 4.79 Å². The second kappa shape index (κ2) is 7.22. The number of nitrogens with zero attached hydrogens (tertiary/aromatic N) is 5. The van der Waals surface area contributed by atoms with Gasteiger partial charge in [0, 0.05) is 12.0 Å². The van der Waals surface area contributed by atoms with Crippen molar-refractivity contribution in [2.45, 2.75) is 25.3 Å². The van der Waals surface area contributed by atoms with E-state index in [4.69, 9.17) is 10.5 Å². The van der Waals surface area contributed by atoms with Gasteiger partial charge in [-0.05, 0) is 43.5 Å². The van der Waals surface area contributed by atoms with Crippen LogP contribution in [-0.4, -0.2) is 50.0 Å². The van der Waals surface area contributed by atoms with Crippen LogP contribution >= 0.6 is 0 Å². The van der Waals surface area contributed by atoms with Gasteiger partial charge in [-0.15, -0.1) is 5.10 Å². The number of amides is 1. The number of hydrogen-bond donors (Lipinski definition) is 2. The van der Waals surface area contributed by atoms with Gasteiger partial charge in [0.05, 0.1) is 24.6 Å². The lowest BCUT2D eigenvalue weighted by Gasteiger charge is -2.12. The Balaban J connectivity index is 1.58. The first-order valence-corrected chi connectivity index (χ1v) is 8.88. The summed E-state index contributed by atoms with van der Waals surface area (Å²) in [6.07, 6.45) is 3.86. The van der Waals surface area contributed by atoms with Crippen molar-refractivity contribution in [3.8, 4) is 5.69 Å². The van der Waals surface area contributed by atoms with Crippen LogP contribution < -0.4 is 11.1 Å². The Morgan fingerprint density at radius 3 is 2.71 bits per heavy atom. The van der Waals surface area contributed by atoms with E-state index in [2.05, 4.69) is 25.6 Å². The molecule has 0 unspecified atom stereocenters. The van der Waals surface area contributed by atoms with E-state index in [0.29, 0.717) is 34.8 Å². The number of fused-ring (bicyclic) bond motifs is 1. The third-order valence-corrected chi connectivity index (χ3v) is 4.89. The highest BCUT2D eigenvalue weighted by atomic mass is 16.5. The van der Waals surface area contributed by atoms with Gasteiger partial charge in [-0.1, -0.05) is 5.21 Å². The number of methoxy groups -OCH3 is 1. The first-order valence-electron chi connectivity index (χ1n) is 8.88. The molecule has 144 valence electrons. The highest BCUT2D eigenvalue weighted by molar-refractivity contribution is 5.89. The molecule has 0 saturated heterocycles. The van der Waals surface area contributed by atoms with Gasteiger partial charge in [0.1, 0.15) is 0 Å². The number of ether oxygens (including phenoxy) is 1. The second-order valence-electron chi connectivity index (χ2n) is 6.70. The van der Waals surface area contributed by atoms with Crippen molar-refractivity contribution in [3.05, 3.63) is 36.0 Å². The number of nitrogens with one attached hydrogen (secondary N) is 1. The normalized spacial score (nSPS) is 18.9. The standard InChI is InChI=1S/C18H19N7O3/c1-28-17(27)10-3-6-13(7-4-10)25-16-14(23-24-25)9-20-18(22-16)21-12-5-2-11(8-12)15(19)26/h3-4,6-7,9,11-12H,2,5,8H2,1H3,(H2,19,26)(H,20,21,22)/t11-,12-/m1/s1. The number of esters is 1. The smallest absolute Gasteiger partial charge is 0.337 e. The number of hydrogen-bond acceptors (Lipinski definition) is 8. The summed E-state index contributed by atoms with van der Waals surface area (Å²) in [7, 11) is 1.34. The quantitative estimate of drug-likeness (QED) is 0.626. The summed E-state index contributed by atoms with van der Waals surface area (Å²) in [5, 5.41) is 11.5. The summed E-state index contributed by atoms with van der Waals surface area (Å²) in [5.74, 6) is -0.341. The number of carbonyl (C=O) groups is 2. The Labute approximate surface area is 160 Å². The zero-order valence-corrected chi connectivity index (χ0v) is 15.2. The Morgan fingerprint density at radius 2 is 2.04 bits per heavy atom. The first-order chi connectivity index (χ1) is 13.5. The van der Waals surface area contributed by atoms with Crippen molar-refractivity contribution in [2.24, 2.45) is 11.7 Å². The van der Waals surface area contributed by atoms with Gasteiger partial charge < -0.3 is 15.8 Å². The Morgan fingerprint density at radius 1 is 1.25 bits per heavy atom. The Bertz CT molecular complexity index is 1030. The van der Waals surface area contributed by atoms with Gasteiger partial charge in [-0.2, -0.15) is 9.67 Å². The van der Waals surface area contributed by atoms with E-state index in [9.17, 15) is 9.59 Å². The fourth-order valence-corrected chi connectivity index (χ4v) is 3.38. The molecule has 0 aliphatic heterocycles. The molecule has 1 amide bonds. The van der Waals surface area contributed by atoms with Crippen LogP contribution in [0, 0.1) is 5.92 Å². The maximum Gasteiger partial charge on any atom is 0.337 e. The van der Waals surface area contributed by atoms with Gasteiger partial charge in [0.2, 0.25) is 11.9 Å². The summed E-state index contributed by atoms with van der Waals surface area (Å²) in [6, 6.07) is 6.88. The number of nitrogens with two attached hydrogens (primary N) is 1. The minimum absolute atomic E-state index is 0.0959. The highest BCUT2D eigenvalue weighted by Gasteiger charge is 2.28. The number of carbonyl (C=O) groups excluding carboxylic acids is 2. The zero-order chi connectivity index (χ0) is 19.7. The summed E-state index contributed by atoms with van der Waals surface area (Å²) in [6.45, 7) is 0. The van der Waals surface area contributed by atoms with Crippen molar-refractivity contribution in [1.82, 2.24) is 25.0 Å². The predicted molar refractivity (Wildman–Crippen MR) is 99.7 cm³/mol. The third-order valence-electron chi connectivity index (χ3n) is 4.89. The Hall–Kier alpha value is -3.56. The highest BCUT2D eigenvalue weighted by Crippen LogP contribution is 2.27. The van der Waals surface area contributed by atoms with Gasteiger partial charge in [0.25, 0.3) is 0 Å². The van der Waals surface area contributed by atoms with Crippen molar-refractivity contribution >= 4 is 29.0 Å². The maximum absolute atomic E-state index is 11.6. The molecule has 28 heavy (non-hydrogen) atoms. The average molecular weight is 381 g/mol. The average Bonchev–Trinajstić information content (AvgIpc) is 3.34. The molecule has 2 atom stereocenters. The van der Waals surface area contributed by atoms with E-state index in [1.807, 2.05) is 0 Å². The van der Waals surface area contributed by atoms with E-state index < -0.39 is 5.97 Å². The molecule has 4 rings (SSSR count). The number of primary amides is 1. The molecule has 1 aliphatic carbocycles. The summed E-state index contributed by atoms with van der Waals surface area (Å²) in [5.41, 5.74) is 7.62. The number of aromatic nitrogens is 5. The van der Waals surface area contributed by atoms with Gasteiger partial charge in [0.15, 0.2) is 11.2 Å². The van der Waals surface area contributed by atoms with Crippen molar-refractivity contribution in [1.29, 1.82) is 0 Å². The van der Waals surface area contributed by atoms with Crippen molar-refractivity contribution in [3.63, 3.8) is 0 Å². The number of benzene rings is 1. The lowest BCUT2D eigenvalue weighted by molar-refractivity contribution is -0.121. The molecule has 1 aromatic carbocycles. The molecule has 1 saturated carbocycles. The van der Waals surface area contributed by atoms with Crippen LogP contribution in [0.1, 0.15) is 29.6 Å². The molecular weight excluding hydrogens is 362 g/mol. The fourth-order valence-electron chi connectivity index (χ4n) is 3.38. The monoisotopic (exact) mass is 381 g/mol. The Kier molecular flexibility index (Phi) is 4.60. The first kappa shape index (κ1) is 17.8. The molecule has 0 bridgehead atoms. The SMILES string of the molecule is COC(=O)c1ccc(-n2nnc3cnc(N[C@@H]4CC[C@@H](C(N)=O)C4)nc32)cc1. The molecular formula is C18H19N7O3. The molecule has 10 nitrogen and oxygen atoms in total. The minimum atomic E-state index is -0.408. The van der Waals surface area contributed by atoms with Gasteiger partial charge in [-0.25, -0.2) is 9.78 Å². The summed E-state index contributed by atoms with van der Waals surface area (Å²) in [4.78, 5) is 31.7. The molecule has 2 heterocycles. The molecule has 10 heteroatoms. The van der Waals surface area contributed by atoms with E-state index in [-0.39, 0.29) is 17.9 Å². The van der Waals surface area contributed by atoms with Crippen LogP contribution in [0.4, 0.5) is 5.95 Å². The summed E-state index contributed by atoms with van der Waals surface area (Å²) < 4.78 is 6.28. The zero-order valence-electron chi connectivity index (χ0n) is 15.2. The molecule has 0 spiro atoms. The fraction of sp³-hybridized carbons (Fsp3) is 0.333. The lowest BCUT2D eigenvalue weighted by Crippen LogP contribution is -2.23. The largest absolute Gasteiger partial charge is 0.465 e. The molecule has 3 aromatic rings. The summed E-state index contributed by atoms with van der Waals surface area (Å²) >= 11 is 0. The maximum atomic E-state index is 11.6. The van der Waals surface area contributed by atoms with Crippen LogP contribution in [0.15, 0.2) is 30.5 Å². The van der Waals surface area contributed by atoms with Crippen LogP contribution in [-0.2, 0) is 9.53 Å². The van der Waals surface area contributed by atoms with Gasteiger partial charge >= 0.3 is 5.97 Å². The van der Waals surface area contributed by atoms with Crippen molar-refractivity contribution in [2.75, 3.05) is 12.4 Å². The third kappa shape index (κ3) is 3.36. The topological polar surface area (TPSA) is 138 Å². The lowest BCUT2D eigenvalue weighted by atomic mass is 10.1. The van der Waals surface area contributed by atoms with Crippen LogP contribution in [0.25, 0.3) is 16.9 Å². The van der Waals surface area contributed by atoms with E-state index in [0.717, 1.165) is 12.8 Å². The molecule has 0 radical (unpaired) electrons. The molecule has 2 aromatic heterocycles. The van der Waals surface area contributed by atoms with E-state index in [1.54, 1.807) is 35.1 Å².